The van der Waals surface area contributed by atoms with Crippen molar-refractivity contribution in [3.63, 3.8) is 0 Å². The number of carbonyl (C=O) groups excluding carboxylic acids is 1. The predicted octanol–water partition coefficient (Wildman–Crippen LogP) is 4.23. The van der Waals surface area contributed by atoms with Crippen molar-refractivity contribution in [1.29, 1.82) is 0 Å². The number of hydrogen-bond donors (Lipinski definition) is 1. The summed E-state index contributed by atoms with van der Waals surface area (Å²) < 4.78 is 11.6. The zero-order valence-corrected chi connectivity index (χ0v) is 16.4. The van der Waals surface area contributed by atoms with E-state index in [1.54, 1.807) is 17.0 Å². The zero-order chi connectivity index (χ0) is 18.7. The van der Waals surface area contributed by atoms with Crippen molar-refractivity contribution in [2.24, 2.45) is 0 Å². The second-order valence-corrected chi connectivity index (χ2v) is 8.02. The van der Waals surface area contributed by atoms with Gasteiger partial charge in [0.2, 0.25) is 0 Å². The van der Waals surface area contributed by atoms with E-state index in [-0.39, 0.29) is 12.7 Å². The molecule has 1 atom stereocenters. The lowest BCUT2D eigenvalue weighted by Crippen LogP contribution is -2.53. The molecule has 1 amide bonds. The first kappa shape index (κ1) is 20.3. The second-order valence-electron chi connectivity index (χ2n) is 7.20. The number of rotatable bonds is 4. The van der Waals surface area contributed by atoms with Gasteiger partial charge in [0.15, 0.2) is 0 Å². The number of morpholine rings is 1. The molecule has 1 unspecified atom stereocenters. The molecule has 1 aromatic rings. The van der Waals surface area contributed by atoms with Crippen LogP contribution >= 0.6 is 23.2 Å². The maximum atomic E-state index is 12.5. The van der Waals surface area contributed by atoms with Gasteiger partial charge in [-0.15, -0.1) is 0 Å². The quantitative estimate of drug-likeness (QED) is 0.836. The summed E-state index contributed by atoms with van der Waals surface area (Å²) >= 11 is 12.2. The summed E-state index contributed by atoms with van der Waals surface area (Å²) in [7, 11) is 0. The lowest BCUT2D eigenvalue weighted by molar-refractivity contribution is -0.120. The van der Waals surface area contributed by atoms with E-state index in [1.807, 2.05) is 26.8 Å². The largest absolute Gasteiger partial charge is 0.444 e. The summed E-state index contributed by atoms with van der Waals surface area (Å²) in [5.74, 6) is 0. The number of nitrogens with zero attached hydrogens (tertiary/aromatic N) is 1. The Bertz CT molecular complexity index is 618. The van der Waals surface area contributed by atoms with Crippen molar-refractivity contribution in [2.75, 3.05) is 26.3 Å². The number of aliphatic hydroxyl groups is 1. The molecule has 1 saturated heterocycles. The van der Waals surface area contributed by atoms with Crippen LogP contribution in [0.4, 0.5) is 4.79 Å². The number of ether oxygens (including phenoxy) is 2. The van der Waals surface area contributed by atoms with Crippen LogP contribution in [0.3, 0.4) is 0 Å². The van der Waals surface area contributed by atoms with Crippen molar-refractivity contribution in [1.82, 2.24) is 4.90 Å². The van der Waals surface area contributed by atoms with Gasteiger partial charge in [-0.25, -0.2) is 4.79 Å². The molecule has 0 spiro atoms. The third-order valence-corrected chi connectivity index (χ3v) is 4.76. The van der Waals surface area contributed by atoms with Crippen LogP contribution in [0, 0.1) is 0 Å². The fraction of sp³-hybridized carbons (Fsp3) is 0.611. The molecule has 1 heterocycles. The molecular formula is C18H25Cl2NO4. The Morgan fingerprint density at radius 2 is 2.08 bits per heavy atom. The third kappa shape index (κ3) is 5.23. The molecule has 25 heavy (non-hydrogen) atoms. The summed E-state index contributed by atoms with van der Waals surface area (Å²) in [6.07, 6.45) is 0.729. The molecule has 0 bridgehead atoms. The van der Waals surface area contributed by atoms with Crippen LogP contribution in [0.1, 0.15) is 39.2 Å². The molecule has 1 aliphatic rings. The van der Waals surface area contributed by atoms with Crippen molar-refractivity contribution < 1.29 is 19.4 Å². The monoisotopic (exact) mass is 389 g/mol. The fourth-order valence-electron chi connectivity index (χ4n) is 2.88. The molecule has 140 valence electrons. The number of carbonyl (C=O) groups is 1. The number of benzene rings is 1. The Morgan fingerprint density at radius 3 is 2.68 bits per heavy atom. The Morgan fingerprint density at radius 1 is 1.36 bits per heavy atom. The SMILES string of the molecule is CC(C)(C)OC(=O)N1CCOC(CCCO)(c2ccc(Cl)c(Cl)c2)C1. The first-order valence-corrected chi connectivity index (χ1v) is 9.11. The molecule has 1 aliphatic heterocycles. The molecule has 0 aliphatic carbocycles. The number of aliphatic hydroxyl groups excluding tert-OH is 1. The van der Waals surface area contributed by atoms with E-state index in [1.165, 1.54) is 0 Å². The van der Waals surface area contributed by atoms with Crippen molar-refractivity contribution in [3.05, 3.63) is 33.8 Å². The molecule has 7 heteroatoms. The smallest absolute Gasteiger partial charge is 0.410 e. The molecule has 0 saturated carbocycles. The molecule has 0 radical (unpaired) electrons. The van der Waals surface area contributed by atoms with E-state index >= 15 is 0 Å². The van der Waals surface area contributed by atoms with E-state index in [0.29, 0.717) is 42.6 Å². The Hall–Kier alpha value is -1.01. The average Bonchev–Trinajstić information content (AvgIpc) is 2.54. The van der Waals surface area contributed by atoms with Crippen LogP contribution in [0.2, 0.25) is 10.0 Å². The fourth-order valence-corrected chi connectivity index (χ4v) is 3.18. The molecule has 2 rings (SSSR count). The van der Waals surface area contributed by atoms with Gasteiger partial charge >= 0.3 is 6.09 Å². The molecule has 1 fully saturated rings. The minimum atomic E-state index is -0.744. The normalized spacial score (nSPS) is 21.3. The summed E-state index contributed by atoms with van der Waals surface area (Å²) in [6.45, 7) is 6.72. The highest BCUT2D eigenvalue weighted by atomic mass is 35.5. The van der Waals surface area contributed by atoms with Gasteiger partial charge in [0.1, 0.15) is 11.2 Å². The second kappa shape index (κ2) is 8.12. The van der Waals surface area contributed by atoms with E-state index < -0.39 is 11.2 Å². The number of hydrogen-bond acceptors (Lipinski definition) is 4. The average molecular weight is 390 g/mol. The first-order valence-electron chi connectivity index (χ1n) is 8.35. The number of halogens is 2. The molecule has 1 aromatic carbocycles. The Labute approximate surface area is 158 Å². The summed E-state index contributed by atoms with van der Waals surface area (Å²) in [5.41, 5.74) is -0.470. The molecule has 0 aromatic heterocycles. The lowest BCUT2D eigenvalue weighted by Gasteiger charge is -2.43. The van der Waals surface area contributed by atoms with Crippen molar-refractivity contribution in [2.45, 2.75) is 44.8 Å². The van der Waals surface area contributed by atoms with Crippen LogP contribution in [0.25, 0.3) is 0 Å². The van der Waals surface area contributed by atoms with E-state index in [0.717, 1.165) is 5.56 Å². The molecule has 1 N–H and O–H groups in total. The van der Waals surface area contributed by atoms with Crippen LogP contribution in [0.5, 0.6) is 0 Å². The minimum Gasteiger partial charge on any atom is -0.444 e. The number of amides is 1. The van der Waals surface area contributed by atoms with E-state index in [9.17, 15) is 9.90 Å². The van der Waals surface area contributed by atoms with Crippen LogP contribution < -0.4 is 0 Å². The van der Waals surface area contributed by atoms with E-state index in [4.69, 9.17) is 32.7 Å². The highest BCUT2D eigenvalue weighted by Gasteiger charge is 2.41. The van der Waals surface area contributed by atoms with E-state index in [2.05, 4.69) is 0 Å². The van der Waals surface area contributed by atoms with Gasteiger partial charge in [0.05, 0.1) is 23.2 Å². The predicted molar refractivity (Wildman–Crippen MR) is 98.2 cm³/mol. The van der Waals surface area contributed by atoms with Crippen LogP contribution in [0.15, 0.2) is 18.2 Å². The van der Waals surface area contributed by atoms with Gasteiger partial charge in [-0.2, -0.15) is 0 Å². The van der Waals surface area contributed by atoms with Crippen molar-refractivity contribution in [3.8, 4) is 0 Å². The topological polar surface area (TPSA) is 59.0 Å². The van der Waals surface area contributed by atoms with Gasteiger partial charge in [-0.3, -0.25) is 0 Å². The summed E-state index contributed by atoms with van der Waals surface area (Å²) in [5, 5.41) is 10.2. The van der Waals surface area contributed by atoms with Gasteiger partial charge in [-0.05, 0) is 51.3 Å². The Balaban J connectivity index is 2.29. The van der Waals surface area contributed by atoms with Gasteiger partial charge in [-0.1, -0.05) is 29.3 Å². The Kier molecular flexibility index (Phi) is 6.60. The van der Waals surface area contributed by atoms with Crippen LogP contribution in [-0.4, -0.2) is 48.0 Å². The molecule has 5 nitrogen and oxygen atoms in total. The summed E-state index contributed by atoms with van der Waals surface area (Å²) in [4.78, 5) is 14.1. The van der Waals surface area contributed by atoms with Gasteiger partial charge < -0.3 is 19.5 Å². The molecular weight excluding hydrogens is 365 g/mol. The summed E-state index contributed by atoms with van der Waals surface area (Å²) in [6, 6.07) is 5.33. The standard InChI is InChI=1S/C18H25Cl2NO4/c1-17(2,3)25-16(23)21-8-10-24-18(12-21,7-4-9-22)13-5-6-14(19)15(20)11-13/h5-6,11,22H,4,7-10,12H2,1-3H3. The zero-order valence-electron chi connectivity index (χ0n) is 14.8. The minimum absolute atomic E-state index is 0.0405. The van der Waals surface area contributed by atoms with Crippen LogP contribution in [-0.2, 0) is 15.1 Å². The van der Waals surface area contributed by atoms with Gasteiger partial charge in [0.25, 0.3) is 0 Å². The highest BCUT2D eigenvalue weighted by Crippen LogP contribution is 2.37. The maximum absolute atomic E-state index is 12.5. The third-order valence-electron chi connectivity index (χ3n) is 4.02. The van der Waals surface area contributed by atoms with Crippen molar-refractivity contribution >= 4 is 29.3 Å². The highest BCUT2D eigenvalue weighted by molar-refractivity contribution is 6.42. The first-order chi connectivity index (χ1) is 11.7. The van der Waals surface area contributed by atoms with Gasteiger partial charge in [0, 0.05) is 13.2 Å². The lowest BCUT2D eigenvalue weighted by atomic mass is 9.87. The maximum Gasteiger partial charge on any atom is 0.410 e.